The molecule has 12 heteroatoms. The summed E-state index contributed by atoms with van der Waals surface area (Å²) in [6, 6.07) is 83.5. The van der Waals surface area contributed by atoms with Crippen LogP contribution in [0.5, 0.6) is 11.5 Å². The number of nitrogens with zero attached hydrogens (tertiary/aromatic N) is 4. The second-order valence-corrected chi connectivity index (χ2v) is 21.5. The van der Waals surface area contributed by atoms with Gasteiger partial charge in [0.25, 0.3) is 0 Å². The van der Waals surface area contributed by atoms with E-state index in [2.05, 4.69) is 190 Å². The standard InChI is InChI=1S/C36H28OP2.C27H24N4O4.Cu/c1-5-17-29(18-6-1)38(30-19-7-2-8-20-30)35-27-15-13-25-33(35)37-34-26-14-16-28-36(34)39(31-21-9-3-10-22-31)32-23-11-4-12-24-32;1-3-34-26(32)19-10-14-21(15-11-19)28-24-25(31-23(30-24)18-8-6-5-7-9-18)29-22-16-12-20(13-17-22)27(33)35-4-2;/h1-28H;5-17H,3-4H2,1-2H3,(H,28,29,30,31,32,33);/q;;+1/p+1. The zero-order valence-electron chi connectivity index (χ0n) is 41.2. The van der Waals surface area contributed by atoms with Crippen LogP contribution in [0.25, 0.3) is 5.32 Å². The van der Waals surface area contributed by atoms with Gasteiger partial charge >= 0.3 is 29.0 Å². The van der Waals surface area contributed by atoms with Gasteiger partial charge in [0.05, 0.1) is 35.9 Å². The van der Waals surface area contributed by atoms with E-state index in [0.717, 1.165) is 17.1 Å². The fraction of sp³-hybridized carbons (Fsp3) is 0.0635. The minimum atomic E-state index is -1.28. The fourth-order valence-corrected chi connectivity index (χ4v) is 13.5. The van der Waals surface area contributed by atoms with Gasteiger partial charge in [-0.1, -0.05) is 140 Å². The molecule has 0 fully saturated rings. The maximum atomic E-state index is 11.9. The maximum absolute atomic E-state index is 11.9. The van der Waals surface area contributed by atoms with Gasteiger partial charge in [0, 0.05) is 11.7 Å². The van der Waals surface area contributed by atoms with Crippen LogP contribution in [0, 0.1) is 0 Å². The summed E-state index contributed by atoms with van der Waals surface area (Å²) in [5.41, 5.74) is 2.89. The molecule has 1 aliphatic heterocycles. The molecule has 9 aromatic carbocycles. The second kappa shape index (κ2) is 26.7. The number of benzene rings is 9. The Morgan fingerprint density at radius 1 is 0.440 bits per heavy atom. The zero-order chi connectivity index (χ0) is 50.9. The first kappa shape index (κ1) is 53.2. The average Bonchev–Trinajstić information content (AvgIpc) is 3.86. The molecule has 0 amide bonds. The van der Waals surface area contributed by atoms with Crippen molar-refractivity contribution in [3.8, 4) is 11.5 Å². The van der Waals surface area contributed by atoms with Crippen LogP contribution in [0.2, 0.25) is 0 Å². The normalized spacial score (nSPS) is 12.7. The van der Waals surface area contributed by atoms with Crippen molar-refractivity contribution in [2.75, 3.05) is 13.2 Å². The van der Waals surface area contributed by atoms with Crippen molar-refractivity contribution in [1.29, 1.82) is 0 Å². The van der Waals surface area contributed by atoms with E-state index in [4.69, 9.17) is 14.2 Å². The SMILES string of the molecule is CCOC(=O)c1ccc(N=C2N=C(c3ccccc3)[N-]C2=Nc2ccc(C(=O)OCC)cc2)cc1.[Cu+].c1ccc([PH+](c2ccccc2)c2ccccc2Oc2ccccc2[PH+](c2ccccc2)c2ccccc2)cc1. The Bertz CT molecular complexity index is 3180. The molecule has 75 heavy (non-hydrogen) atoms. The number of carbonyl (C=O) groups is 2. The van der Waals surface area contributed by atoms with Gasteiger partial charge < -0.3 is 29.5 Å². The molecule has 374 valence electrons. The van der Waals surface area contributed by atoms with Crippen molar-refractivity contribution >= 4 is 88.5 Å². The van der Waals surface area contributed by atoms with Gasteiger partial charge in [-0.2, -0.15) is 0 Å². The fourth-order valence-electron chi connectivity index (χ4n) is 8.23. The van der Waals surface area contributed by atoms with Crippen LogP contribution in [-0.4, -0.2) is 42.7 Å². The quantitative estimate of drug-likeness (QED) is 0.0576. The number of hydrogen-bond acceptors (Lipinski definition) is 7. The zero-order valence-corrected chi connectivity index (χ0v) is 44.2. The summed E-state index contributed by atoms with van der Waals surface area (Å²) in [4.78, 5) is 37.6. The van der Waals surface area contributed by atoms with Crippen LogP contribution >= 0.6 is 15.8 Å². The Balaban J connectivity index is 0.000000198. The van der Waals surface area contributed by atoms with Gasteiger partial charge in [0.15, 0.2) is 11.5 Å². The van der Waals surface area contributed by atoms with E-state index >= 15 is 0 Å². The molecule has 0 N–H and O–H groups in total. The number of para-hydroxylation sites is 2. The van der Waals surface area contributed by atoms with E-state index in [1.807, 2.05) is 30.3 Å². The third-order valence-corrected chi connectivity index (χ3v) is 17.2. The summed E-state index contributed by atoms with van der Waals surface area (Å²) < 4.78 is 17.0. The molecule has 0 aliphatic carbocycles. The number of aliphatic imine (C=N–C) groups is 3. The summed E-state index contributed by atoms with van der Waals surface area (Å²) in [5.74, 6) is 2.24. The van der Waals surface area contributed by atoms with E-state index in [9.17, 15) is 9.59 Å². The first-order valence-electron chi connectivity index (χ1n) is 24.4. The number of hydrogen-bond donors (Lipinski definition) is 0. The van der Waals surface area contributed by atoms with Gasteiger partial charge in [-0.3, -0.25) is 0 Å². The van der Waals surface area contributed by atoms with Crippen molar-refractivity contribution in [3.05, 3.63) is 271 Å². The molecule has 0 aromatic heterocycles. The van der Waals surface area contributed by atoms with E-state index in [1.165, 1.54) is 31.8 Å². The first-order chi connectivity index (χ1) is 36.4. The van der Waals surface area contributed by atoms with Crippen molar-refractivity contribution in [1.82, 2.24) is 0 Å². The molecule has 0 unspecified atom stereocenters. The minimum Gasteiger partial charge on any atom is -0.462 e. The monoisotopic (exact) mass is 1070 g/mol. The van der Waals surface area contributed by atoms with Crippen LogP contribution in [0.15, 0.2) is 264 Å². The van der Waals surface area contributed by atoms with Crippen LogP contribution < -0.4 is 36.6 Å². The molecular weight excluding hydrogens is 1020 g/mol. The molecule has 0 saturated heterocycles. The molecular formula is C63H53CuN4O5P2+2. The molecule has 9 aromatic rings. The van der Waals surface area contributed by atoms with Crippen LogP contribution in [0.4, 0.5) is 11.4 Å². The summed E-state index contributed by atoms with van der Waals surface area (Å²) >= 11 is 0. The topological polar surface area (TPSA) is 113 Å². The van der Waals surface area contributed by atoms with Crippen molar-refractivity contribution in [3.63, 3.8) is 0 Å². The average molecular weight is 1070 g/mol. The van der Waals surface area contributed by atoms with Crippen LogP contribution in [-0.2, 0) is 26.5 Å². The van der Waals surface area contributed by atoms with Gasteiger partial charge in [0.2, 0.25) is 0 Å². The molecule has 1 heterocycles. The van der Waals surface area contributed by atoms with Crippen molar-refractivity contribution in [2.45, 2.75) is 13.8 Å². The van der Waals surface area contributed by atoms with Crippen LogP contribution in [0.1, 0.15) is 40.1 Å². The summed E-state index contributed by atoms with van der Waals surface area (Å²) in [6.07, 6.45) is 0. The van der Waals surface area contributed by atoms with Gasteiger partial charge in [-0.05, 0) is 134 Å². The Labute approximate surface area is 451 Å². The van der Waals surface area contributed by atoms with E-state index in [1.54, 1.807) is 62.4 Å². The Morgan fingerprint density at radius 3 is 1.17 bits per heavy atom. The Morgan fingerprint density at radius 2 is 0.787 bits per heavy atom. The molecule has 0 bridgehead atoms. The van der Waals surface area contributed by atoms with Crippen LogP contribution in [0.3, 0.4) is 0 Å². The predicted octanol–water partition coefficient (Wildman–Crippen LogP) is 12.1. The summed E-state index contributed by atoms with van der Waals surface area (Å²) in [5, 5.41) is 12.5. The minimum absolute atomic E-state index is 0. The van der Waals surface area contributed by atoms with Crippen molar-refractivity contribution < 1.29 is 40.9 Å². The molecule has 1 aliphatic rings. The number of carbonyl (C=O) groups excluding carboxylic acids is 2. The number of ether oxygens (including phenoxy) is 3. The Kier molecular flexibility index (Phi) is 19.0. The van der Waals surface area contributed by atoms with E-state index < -0.39 is 15.8 Å². The largest absolute Gasteiger partial charge is 1.00 e. The van der Waals surface area contributed by atoms with E-state index in [-0.39, 0.29) is 29.0 Å². The predicted molar refractivity (Wildman–Crippen MR) is 308 cm³/mol. The number of rotatable bonds is 15. The smallest absolute Gasteiger partial charge is 0.462 e. The third kappa shape index (κ3) is 13.8. The van der Waals surface area contributed by atoms with Gasteiger partial charge in [-0.15, -0.1) is 0 Å². The third-order valence-electron chi connectivity index (χ3n) is 11.7. The second-order valence-electron chi connectivity index (χ2n) is 16.6. The molecule has 10 rings (SSSR count). The first-order valence-corrected chi connectivity index (χ1v) is 27.4. The number of amidine groups is 3. The van der Waals surface area contributed by atoms with Gasteiger partial charge in [-0.25, -0.2) is 14.6 Å². The summed E-state index contributed by atoms with van der Waals surface area (Å²) in [6.45, 7) is 4.13. The van der Waals surface area contributed by atoms with Crippen molar-refractivity contribution in [2.24, 2.45) is 15.0 Å². The van der Waals surface area contributed by atoms with E-state index in [0.29, 0.717) is 53.2 Å². The molecule has 0 radical (unpaired) electrons. The number of esters is 2. The molecule has 9 nitrogen and oxygen atoms in total. The molecule has 0 atom stereocenters. The maximum Gasteiger partial charge on any atom is 1.00 e. The Hall–Kier alpha value is -8.09. The molecule has 0 saturated carbocycles. The molecule has 0 spiro atoms. The summed E-state index contributed by atoms with van der Waals surface area (Å²) in [7, 11) is -2.56. The van der Waals surface area contributed by atoms with Gasteiger partial charge in [0.1, 0.15) is 47.7 Å².